The number of aromatic nitrogens is 2. The standard InChI is InChI=1S/C13H16N4O2S/c1-6-5-10(7(2)8(3)11(6)18)14-12(19)15-13-17-16-9(4)20-13/h5,18H,1-4H3,(H2,14,15,17,19). The van der Waals surface area contributed by atoms with Gasteiger partial charge in [-0.05, 0) is 50.5 Å². The van der Waals surface area contributed by atoms with Gasteiger partial charge in [-0.3, -0.25) is 5.32 Å². The molecule has 0 aliphatic carbocycles. The van der Waals surface area contributed by atoms with E-state index in [1.54, 1.807) is 13.0 Å². The second-order valence-electron chi connectivity index (χ2n) is 4.54. The molecule has 1 heterocycles. The molecule has 0 fully saturated rings. The summed E-state index contributed by atoms with van der Waals surface area (Å²) >= 11 is 1.31. The lowest BCUT2D eigenvalue weighted by molar-refractivity contribution is 0.262. The Hall–Kier alpha value is -2.15. The molecule has 2 amide bonds. The number of hydrogen-bond donors (Lipinski definition) is 3. The van der Waals surface area contributed by atoms with Gasteiger partial charge in [-0.1, -0.05) is 11.3 Å². The van der Waals surface area contributed by atoms with Crippen LogP contribution in [0.3, 0.4) is 0 Å². The van der Waals surface area contributed by atoms with Gasteiger partial charge < -0.3 is 10.4 Å². The maximum atomic E-state index is 11.9. The molecule has 0 saturated heterocycles. The maximum Gasteiger partial charge on any atom is 0.325 e. The molecule has 0 saturated carbocycles. The molecule has 1 aromatic carbocycles. The van der Waals surface area contributed by atoms with E-state index in [1.165, 1.54) is 11.3 Å². The molecular formula is C13H16N4O2S. The van der Waals surface area contributed by atoms with Crippen molar-refractivity contribution in [3.05, 3.63) is 27.8 Å². The van der Waals surface area contributed by atoms with Gasteiger partial charge in [-0.2, -0.15) is 0 Å². The highest BCUT2D eigenvalue weighted by Gasteiger charge is 2.12. The lowest BCUT2D eigenvalue weighted by Crippen LogP contribution is -2.20. The zero-order valence-electron chi connectivity index (χ0n) is 11.7. The summed E-state index contributed by atoms with van der Waals surface area (Å²) in [6.07, 6.45) is 0. The van der Waals surface area contributed by atoms with Crippen LogP contribution >= 0.6 is 11.3 Å². The number of aromatic hydroxyl groups is 1. The zero-order valence-corrected chi connectivity index (χ0v) is 12.6. The second kappa shape index (κ2) is 5.46. The average Bonchev–Trinajstić information content (AvgIpc) is 2.78. The van der Waals surface area contributed by atoms with Crippen LogP contribution in [0.1, 0.15) is 21.7 Å². The van der Waals surface area contributed by atoms with Crippen molar-refractivity contribution in [2.24, 2.45) is 0 Å². The van der Waals surface area contributed by atoms with Crippen molar-refractivity contribution in [2.75, 3.05) is 10.6 Å². The fraction of sp³-hybridized carbons (Fsp3) is 0.308. The largest absolute Gasteiger partial charge is 0.507 e. The highest BCUT2D eigenvalue weighted by Crippen LogP contribution is 2.30. The minimum absolute atomic E-state index is 0.258. The highest BCUT2D eigenvalue weighted by molar-refractivity contribution is 7.15. The molecule has 0 unspecified atom stereocenters. The summed E-state index contributed by atoms with van der Waals surface area (Å²) in [4.78, 5) is 11.9. The van der Waals surface area contributed by atoms with Gasteiger partial charge in [-0.15, -0.1) is 10.2 Å². The van der Waals surface area contributed by atoms with Crippen molar-refractivity contribution in [3.8, 4) is 5.75 Å². The van der Waals surface area contributed by atoms with Gasteiger partial charge >= 0.3 is 6.03 Å². The number of carbonyl (C=O) groups is 1. The molecule has 1 aromatic heterocycles. The highest BCUT2D eigenvalue weighted by atomic mass is 32.1. The number of nitrogens with one attached hydrogen (secondary N) is 2. The normalized spacial score (nSPS) is 10.4. The first-order valence-electron chi connectivity index (χ1n) is 6.06. The van der Waals surface area contributed by atoms with E-state index in [2.05, 4.69) is 20.8 Å². The number of nitrogens with zero attached hydrogens (tertiary/aromatic N) is 2. The molecular weight excluding hydrogens is 276 g/mol. The third-order valence-electron chi connectivity index (χ3n) is 3.05. The van der Waals surface area contributed by atoms with Crippen molar-refractivity contribution in [1.29, 1.82) is 0 Å². The predicted molar refractivity (Wildman–Crippen MR) is 79.6 cm³/mol. The van der Waals surface area contributed by atoms with Gasteiger partial charge in [0.1, 0.15) is 10.8 Å². The third kappa shape index (κ3) is 2.88. The van der Waals surface area contributed by atoms with Gasteiger partial charge in [0, 0.05) is 5.69 Å². The summed E-state index contributed by atoms with van der Waals surface area (Å²) < 4.78 is 0. The van der Waals surface area contributed by atoms with E-state index >= 15 is 0 Å². The van der Waals surface area contributed by atoms with Gasteiger partial charge in [0.2, 0.25) is 5.13 Å². The number of anilines is 2. The molecule has 7 heteroatoms. The summed E-state index contributed by atoms with van der Waals surface area (Å²) in [5.41, 5.74) is 2.97. The summed E-state index contributed by atoms with van der Waals surface area (Å²) in [6, 6.07) is 1.36. The van der Waals surface area contributed by atoms with E-state index in [0.717, 1.165) is 21.7 Å². The Morgan fingerprint density at radius 3 is 2.45 bits per heavy atom. The minimum atomic E-state index is -0.381. The lowest BCUT2D eigenvalue weighted by atomic mass is 10.0. The van der Waals surface area contributed by atoms with Crippen LogP contribution in [-0.2, 0) is 0 Å². The summed E-state index contributed by atoms with van der Waals surface area (Å²) in [7, 11) is 0. The van der Waals surface area contributed by atoms with Crippen LogP contribution in [0.25, 0.3) is 0 Å². The van der Waals surface area contributed by atoms with E-state index in [0.29, 0.717) is 10.8 Å². The van der Waals surface area contributed by atoms with Crippen molar-refractivity contribution in [2.45, 2.75) is 27.7 Å². The molecule has 0 radical (unpaired) electrons. The number of phenolic OH excluding ortho intramolecular Hbond substituents is 1. The number of rotatable bonds is 2. The predicted octanol–water partition coefficient (Wildman–Crippen LogP) is 3.12. The van der Waals surface area contributed by atoms with Gasteiger partial charge in [-0.25, -0.2) is 4.79 Å². The van der Waals surface area contributed by atoms with E-state index < -0.39 is 0 Å². The molecule has 20 heavy (non-hydrogen) atoms. The quantitative estimate of drug-likeness (QED) is 0.742. The Bertz CT molecular complexity index is 667. The molecule has 0 atom stereocenters. The number of phenols is 1. The number of benzene rings is 1. The van der Waals surface area contributed by atoms with Crippen LogP contribution in [0.5, 0.6) is 5.75 Å². The van der Waals surface area contributed by atoms with E-state index in [1.807, 2.05) is 20.8 Å². The lowest BCUT2D eigenvalue weighted by Gasteiger charge is -2.13. The van der Waals surface area contributed by atoms with Gasteiger partial charge in [0.25, 0.3) is 0 Å². The van der Waals surface area contributed by atoms with Crippen molar-refractivity contribution in [3.63, 3.8) is 0 Å². The van der Waals surface area contributed by atoms with Crippen LogP contribution in [0.15, 0.2) is 6.07 Å². The molecule has 0 bridgehead atoms. The second-order valence-corrected chi connectivity index (χ2v) is 5.73. The van der Waals surface area contributed by atoms with Crippen LogP contribution in [0.4, 0.5) is 15.6 Å². The van der Waals surface area contributed by atoms with Crippen molar-refractivity contribution >= 4 is 28.2 Å². The summed E-state index contributed by atoms with van der Waals surface area (Å²) in [5.74, 6) is 0.258. The number of carbonyl (C=O) groups excluding carboxylic acids is 1. The van der Waals surface area contributed by atoms with E-state index in [9.17, 15) is 9.90 Å². The van der Waals surface area contributed by atoms with Gasteiger partial charge in [0.05, 0.1) is 0 Å². The summed E-state index contributed by atoms with van der Waals surface area (Å²) in [5, 5.41) is 24.1. The number of aryl methyl sites for hydroxylation is 2. The monoisotopic (exact) mass is 292 g/mol. The van der Waals surface area contributed by atoms with Crippen LogP contribution < -0.4 is 10.6 Å². The Morgan fingerprint density at radius 2 is 1.85 bits per heavy atom. The molecule has 2 rings (SSSR count). The van der Waals surface area contributed by atoms with E-state index in [4.69, 9.17) is 0 Å². The molecule has 3 N–H and O–H groups in total. The molecule has 106 valence electrons. The molecule has 2 aromatic rings. The minimum Gasteiger partial charge on any atom is -0.507 e. The first-order valence-corrected chi connectivity index (χ1v) is 6.88. The fourth-order valence-corrected chi connectivity index (χ4v) is 2.38. The number of amides is 2. The van der Waals surface area contributed by atoms with Gasteiger partial charge in [0.15, 0.2) is 0 Å². The Morgan fingerprint density at radius 1 is 1.15 bits per heavy atom. The number of hydrogen-bond acceptors (Lipinski definition) is 5. The SMILES string of the molecule is Cc1nnc(NC(=O)Nc2cc(C)c(O)c(C)c2C)s1. The van der Waals surface area contributed by atoms with E-state index in [-0.39, 0.29) is 11.8 Å². The van der Waals surface area contributed by atoms with Crippen LogP contribution in [0.2, 0.25) is 0 Å². The molecule has 6 nitrogen and oxygen atoms in total. The summed E-state index contributed by atoms with van der Waals surface area (Å²) in [6.45, 7) is 7.27. The van der Waals surface area contributed by atoms with Crippen molar-refractivity contribution < 1.29 is 9.90 Å². The van der Waals surface area contributed by atoms with Crippen LogP contribution in [0, 0.1) is 27.7 Å². The molecule has 0 aliphatic heterocycles. The van der Waals surface area contributed by atoms with Crippen molar-refractivity contribution in [1.82, 2.24) is 10.2 Å². The maximum absolute atomic E-state index is 11.9. The van der Waals surface area contributed by atoms with Crippen LogP contribution in [-0.4, -0.2) is 21.3 Å². The topological polar surface area (TPSA) is 87.1 Å². The average molecular weight is 292 g/mol. The Balaban J connectivity index is 2.16. The molecule has 0 spiro atoms. The fourth-order valence-electron chi connectivity index (χ4n) is 1.80. The number of urea groups is 1. The first-order chi connectivity index (χ1) is 9.38. The zero-order chi connectivity index (χ0) is 14.9. The third-order valence-corrected chi connectivity index (χ3v) is 3.80. The Kier molecular flexibility index (Phi) is 3.89. The first kappa shape index (κ1) is 14.3. The Labute approximate surface area is 120 Å². The smallest absolute Gasteiger partial charge is 0.325 e. The molecule has 0 aliphatic rings.